The summed E-state index contributed by atoms with van der Waals surface area (Å²) in [6.07, 6.45) is 1.11. The lowest BCUT2D eigenvalue weighted by Crippen LogP contribution is -2.44. The molecule has 2 N–H and O–H groups in total. The number of hydrogen-bond donors (Lipinski definition) is 2. The molecule has 9 heteroatoms. The molecule has 2 unspecified atom stereocenters. The van der Waals surface area contributed by atoms with E-state index in [2.05, 4.69) is 10.6 Å². The van der Waals surface area contributed by atoms with Crippen molar-refractivity contribution in [3.63, 3.8) is 0 Å². The van der Waals surface area contributed by atoms with Crippen molar-refractivity contribution in [1.29, 1.82) is 0 Å². The number of carbonyl (C=O) groups excluding carboxylic acids is 3. The molecule has 2 fully saturated rings. The van der Waals surface area contributed by atoms with Crippen LogP contribution in [0.1, 0.15) is 23.2 Å². The molecule has 2 atom stereocenters. The van der Waals surface area contributed by atoms with Crippen molar-refractivity contribution in [3.05, 3.63) is 54.1 Å². The lowest BCUT2D eigenvalue weighted by molar-refractivity contribution is -0.124. The summed E-state index contributed by atoms with van der Waals surface area (Å²) in [7, 11) is 1.58. The lowest BCUT2D eigenvalue weighted by Gasteiger charge is -2.23. The molecule has 8 nitrogen and oxygen atoms in total. The molecular formula is C23H25N3O5S. The second-order valence-electron chi connectivity index (χ2n) is 7.58. The third kappa shape index (κ3) is 5.05. The molecule has 3 amide bonds. The number of thioether (sulfide) groups is 1. The molecule has 2 heterocycles. The Labute approximate surface area is 190 Å². The quantitative estimate of drug-likeness (QED) is 0.695. The first-order chi connectivity index (χ1) is 15.5. The van der Waals surface area contributed by atoms with Crippen LogP contribution >= 0.6 is 11.8 Å². The number of ether oxygens (including phenoxy) is 2. The topological polar surface area (TPSA) is 97.0 Å². The van der Waals surface area contributed by atoms with Gasteiger partial charge in [0.15, 0.2) is 0 Å². The van der Waals surface area contributed by atoms with Gasteiger partial charge in [0.25, 0.3) is 11.8 Å². The van der Waals surface area contributed by atoms with Crippen LogP contribution in [0.3, 0.4) is 0 Å². The van der Waals surface area contributed by atoms with Crippen molar-refractivity contribution < 1.29 is 23.9 Å². The molecule has 0 radical (unpaired) electrons. The highest BCUT2D eigenvalue weighted by Gasteiger charge is 2.35. The average Bonchev–Trinajstić information content (AvgIpc) is 3.52. The summed E-state index contributed by atoms with van der Waals surface area (Å²) in [5.74, 6) is 0.938. The van der Waals surface area contributed by atoms with E-state index in [1.165, 1.54) is 11.8 Å². The molecule has 0 spiro atoms. The highest BCUT2D eigenvalue weighted by molar-refractivity contribution is 7.99. The zero-order valence-electron chi connectivity index (χ0n) is 17.7. The monoisotopic (exact) mass is 455 g/mol. The van der Waals surface area contributed by atoms with Gasteiger partial charge in [-0.3, -0.25) is 14.4 Å². The maximum atomic E-state index is 13.2. The fraction of sp³-hybridized carbons (Fsp3) is 0.348. The summed E-state index contributed by atoms with van der Waals surface area (Å²) in [5, 5.41) is 5.68. The smallest absolute Gasteiger partial charge is 0.255 e. The van der Waals surface area contributed by atoms with E-state index in [4.69, 9.17) is 9.47 Å². The van der Waals surface area contributed by atoms with E-state index in [-0.39, 0.29) is 17.7 Å². The standard InChI is InChI=1S/C23H25N3O5S/c1-30-18-9-7-16(8-10-18)24-21(27)19-13-32-14-26(19)23(29)15-4-2-5-17(12-15)25-22(28)20-6-3-11-31-20/h2,4-5,7-10,12,19-20H,3,6,11,13-14H2,1H3,(H,24,27)(H,25,28). The maximum absolute atomic E-state index is 13.2. The van der Waals surface area contributed by atoms with Gasteiger partial charge in [-0.25, -0.2) is 0 Å². The molecule has 0 saturated carbocycles. The van der Waals surface area contributed by atoms with Gasteiger partial charge in [0, 0.05) is 29.3 Å². The van der Waals surface area contributed by atoms with Crippen molar-refractivity contribution >= 4 is 40.9 Å². The van der Waals surface area contributed by atoms with E-state index in [1.807, 2.05) is 0 Å². The molecule has 2 aromatic carbocycles. The molecule has 2 aliphatic heterocycles. The van der Waals surface area contributed by atoms with Gasteiger partial charge in [-0.2, -0.15) is 0 Å². The molecule has 2 aliphatic rings. The summed E-state index contributed by atoms with van der Waals surface area (Å²) in [5.41, 5.74) is 1.58. The van der Waals surface area contributed by atoms with Gasteiger partial charge in [0.05, 0.1) is 13.0 Å². The van der Waals surface area contributed by atoms with Gasteiger partial charge >= 0.3 is 0 Å². The van der Waals surface area contributed by atoms with E-state index in [0.717, 1.165) is 6.42 Å². The third-order valence-electron chi connectivity index (χ3n) is 5.40. The molecule has 4 rings (SSSR count). The molecule has 0 aliphatic carbocycles. The summed E-state index contributed by atoms with van der Waals surface area (Å²) in [6, 6.07) is 13.2. The highest BCUT2D eigenvalue weighted by Crippen LogP contribution is 2.26. The predicted octanol–water partition coefficient (Wildman–Crippen LogP) is 2.97. The van der Waals surface area contributed by atoms with Crippen LogP contribution in [0.15, 0.2) is 48.5 Å². The van der Waals surface area contributed by atoms with Crippen LogP contribution in [-0.4, -0.2) is 60.1 Å². The molecule has 32 heavy (non-hydrogen) atoms. The molecular weight excluding hydrogens is 430 g/mol. The van der Waals surface area contributed by atoms with Crippen molar-refractivity contribution in [1.82, 2.24) is 4.90 Å². The Hall–Kier alpha value is -3.04. The first kappa shape index (κ1) is 22.2. The van der Waals surface area contributed by atoms with Crippen LogP contribution in [0.4, 0.5) is 11.4 Å². The van der Waals surface area contributed by atoms with E-state index < -0.39 is 12.1 Å². The van der Waals surface area contributed by atoms with Crippen LogP contribution in [-0.2, 0) is 14.3 Å². The van der Waals surface area contributed by atoms with E-state index in [9.17, 15) is 14.4 Å². The normalized spacial score (nSPS) is 20.1. The van der Waals surface area contributed by atoms with Gasteiger partial charge < -0.3 is 25.0 Å². The predicted molar refractivity (Wildman–Crippen MR) is 123 cm³/mol. The Bertz CT molecular complexity index is 991. The van der Waals surface area contributed by atoms with Crippen LogP contribution in [0.25, 0.3) is 0 Å². The van der Waals surface area contributed by atoms with Crippen molar-refractivity contribution in [2.75, 3.05) is 36.0 Å². The van der Waals surface area contributed by atoms with Crippen LogP contribution < -0.4 is 15.4 Å². The molecule has 168 valence electrons. The van der Waals surface area contributed by atoms with E-state index in [1.54, 1.807) is 60.5 Å². The van der Waals surface area contributed by atoms with Crippen molar-refractivity contribution in [2.24, 2.45) is 0 Å². The van der Waals surface area contributed by atoms with Gasteiger partial charge in [-0.15, -0.1) is 11.8 Å². The Morgan fingerprint density at radius 1 is 1.06 bits per heavy atom. The van der Waals surface area contributed by atoms with Crippen molar-refractivity contribution in [2.45, 2.75) is 25.0 Å². The van der Waals surface area contributed by atoms with Gasteiger partial charge in [0.2, 0.25) is 5.91 Å². The van der Waals surface area contributed by atoms with E-state index in [0.29, 0.717) is 47.3 Å². The largest absolute Gasteiger partial charge is 0.497 e. The number of benzene rings is 2. The first-order valence-corrected chi connectivity index (χ1v) is 11.6. The minimum Gasteiger partial charge on any atom is -0.497 e. The maximum Gasteiger partial charge on any atom is 0.255 e. The SMILES string of the molecule is COc1ccc(NC(=O)C2CSCN2C(=O)c2cccc(NC(=O)C3CCCO3)c2)cc1. The fourth-order valence-electron chi connectivity index (χ4n) is 3.66. The number of hydrogen-bond acceptors (Lipinski definition) is 6. The zero-order chi connectivity index (χ0) is 22.5. The zero-order valence-corrected chi connectivity index (χ0v) is 18.5. The number of methoxy groups -OCH3 is 1. The number of carbonyl (C=O) groups is 3. The minimum absolute atomic E-state index is 0.208. The molecule has 2 saturated heterocycles. The molecule has 0 aromatic heterocycles. The van der Waals surface area contributed by atoms with E-state index >= 15 is 0 Å². The first-order valence-electron chi connectivity index (χ1n) is 10.4. The second kappa shape index (κ2) is 10.1. The highest BCUT2D eigenvalue weighted by atomic mass is 32.2. The van der Waals surface area contributed by atoms with Crippen LogP contribution in [0.5, 0.6) is 5.75 Å². The molecule has 2 aromatic rings. The van der Waals surface area contributed by atoms with Gasteiger partial charge in [0.1, 0.15) is 17.9 Å². The number of rotatable bonds is 6. The lowest BCUT2D eigenvalue weighted by atomic mass is 10.1. The Morgan fingerprint density at radius 2 is 1.84 bits per heavy atom. The van der Waals surface area contributed by atoms with Crippen molar-refractivity contribution in [3.8, 4) is 5.75 Å². The Kier molecular flexibility index (Phi) is 6.96. The average molecular weight is 456 g/mol. The Balaban J connectivity index is 1.42. The van der Waals surface area contributed by atoms with Crippen LogP contribution in [0.2, 0.25) is 0 Å². The Morgan fingerprint density at radius 3 is 2.56 bits per heavy atom. The number of anilines is 2. The summed E-state index contributed by atoms with van der Waals surface area (Å²) >= 11 is 1.53. The summed E-state index contributed by atoms with van der Waals surface area (Å²) < 4.78 is 10.5. The molecule has 0 bridgehead atoms. The number of amides is 3. The minimum atomic E-state index is -0.584. The van der Waals surface area contributed by atoms with Gasteiger partial charge in [-0.1, -0.05) is 6.07 Å². The summed E-state index contributed by atoms with van der Waals surface area (Å²) in [4.78, 5) is 39.9. The van der Waals surface area contributed by atoms with Crippen LogP contribution in [0, 0.1) is 0 Å². The van der Waals surface area contributed by atoms with Gasteiger partial charge in [-0.05, 0) is 55.3 Å². The summed E-state index contributed by atoms with van der Waals surface area (Å²) in [6.45, 7) is 0.587. The fourth-order valence-corrected chi connectivity index (χ4v) is 4.82. The second-order valence-corrected chi connectivity index (χ2v) is 8.58. The number of nitrogens with one attached hydrogen (secondary N) is 2. The third-order valence-corrected chi connectivity index (χ3v) is 6.41. The number of nitrogens with zero attached hydrogens (tertiary/aromatic N) is 1.